The standard InChI is InChI=1S/C29H48N3O11PSi2/c1-12-38-44(37,41-21-15-13-20(14-16-21)32(35)36)42-24-22(19-39-45(8,9)28(2,3)4)40-26(31-18-17-23(33)30-27(31)34)25(24)43-46(10,11)29(5,6)7/h13-18,22,24-26H,12,19H2,1-11H3,(H,30,33,34)/t22-,24-,25-,26-,44?/m1/s1. The van der Waals surface area contributed by atoms with Crippen molar-refractivity contribution in [2.75, 3.05) is 13.2 Å². The zero-order valence-corrected chi connectivity index (χ0v) is 31.4. The molecule has 0 saturated carbocycles. The minimum atomic E-state index is -4.45. The van der Waals surface area contributed by atoms with Crippen molar-refractivity contribution in [3.8, 4) is 5.75 Å². The van der Waals surface area contributed by atoms with E-state index in [2.05, 4.69) is 38.8 Å². The highest BCUT2D eigenvalue weighted by atomic mass is 31.2. The third kappa shape index (κ3) is 8.92. The molecule has 2 aromatic rings. The first kappa shape index (κ1) is 38.0. The second-order valence-corrected chi connectivity index (χ2v) is 25.4. The number of rotatable bonds is 13. The van der Waals surface area contributed by atoms with Gasteiger partial charge in [-0.25, -0.2) is 9.36 Å². The number of benzene rings is 1. The van der Waals surface area contributed by atoms with Crippen molar-refractivity contribution >= 4 is 30.1 Å². The van der Waals surface area contributed by atoms with Crippen LogP contribution < -0.4 is 15.8 Å². The van der Waals surface area contributed by atoms with Crippen molar-refractivity contribution in [1.82, 2.24) is 9.55 Å². The van der Waals surface area contributed by atoms with E-state index in [1.165, 1.54) is 41.1 Å². The van der Waals surface area contributed by atoms with Gasteiger partial charge in [-0.2, -0.15) is 0 Å². The molecule has 1 saturated heterocycles. The van der Waals surface area contributed by atoms with Gasteiger partial charge in [0.05, 0.1) is 18.1 Å². The number of non-ortho nitro benzene ring substituents is 1. The Morgan fingerprint density at radius 3 is 2.07 bits per heavy atom. The molecule has 0 spiro atoms. The number of hydrogen-bond acceptors (Lipinski definition) is 11. The lowest BCUT2D eigenvalue weighted by Crippen LogP contribution is -2.50. The van der Waals surface area contributed by atoms with Crippen molar-refractivity contribution in [2.24, 2.45) is 0 Å². The number of aromatic nitrogens is 2. The Morgan fingerprint density at radius 1 is 0.978 bits per heavy atom. The first-order chi connectivity index (χ1) is 21.0. The van der Waals surface area contributed by atoms with Crippen LogP contribution in [0.25, 0.3) is 0 Å². The van der Waals surface area contributed by atoms with Gasteiger partial charge in [-0.05, 0) is 55.3 Å². The molecule has 0 amide bonds. The predicted octanol–water partition coefficient (Wildman–Crippen LogP) is 6.36. The number of nitrogens with zero attached hydrogens (tertiary/aromatic N) is 2. The molecule has 3 rings (SSSR count). The lowest BCUT2D eigenvalue weighted by atomic mass is 10.1. The molecule has 1 aliphatic heterocycles. The summed E-state index contributed by atoms with van der Waals surface area (Å²) < 4.78 is 53.0. The van der Waals surface area contributed by atoms with Crippen molar-refractivity contribution in [3.63, 3.8) is 0 Å². The quantitative estimate of drug-likeness (QED) is 0.107. The van der Waals surface area contributed by atoms with Gasteiger partial charge in [0.15, 0.2) is 22.9 Å². The average Bonchev–Trinajstić information content (AvgIpc) is 3.22. The number of hydrogen-bond donors (Lipinski definition) is 1. The average molecular weight is 702 g/mol. The Labute approximate surface area is 271 Å². The van der Waals surface area contributed by atoms with Crippen LogP contribution in [-0.4, -0.2) is 62.6 Å². The number of nitro benzene ring substituents is 1. The van der Waals surface area contributed by atoms with Crippen LogP contribution in [0.5, 0.6) is 5.75 Å². The van der Waals surface area contributed by atoms with E-state index in [4.69, 9.17) is 27.2 Å². The van der Waals surface area contributed by atoms with E-state index in [9.17, 15) is 24.3 Å². The normalized spacial score (nSPS) is 22.4. The van der Waals surface area contributed by atoms with Gasteiger partial charge >= 0.3 is 13.5 Å². The maximum atomic E-state index is 14.3. The van der Waals surface area contributed by atoms with E-state index in [0.29, 0.717) is 0 Å². The van der Waals surface area contributed by atoms with Crippen molar-refractivity contribution in [3.05, 3.63) is 67.5 Å². The van der Waals surface area contributed by atoms with Gasteiger partial charge in [-0.3, -0.25) is 33.5 Å². The predicted molar refractivity (Wildman–Crippen MR) is 178 cm³/mol. The van der Waals surface area contributed by atoms with E-state index in [1.807, 2.05) is 33.9 Å². The summed E-state index contributed by atoms with van der Waals surface area (Å²) in [5.41, 5.74) is -1.48. The molecule has 0 aliphatic carbocycles. The lowest BCUT2D eigenvalue weighted by Gasteiger charge is -2.41. The Hall–Kier alpha value is -2.44. The molecule has 1 fully saturated rings. The number of phosphoric ester groups is 1. The second kappa shape index (κ2) is 14.0. The van der Waals surface area contributed by atoms with Gasteiger partial charge < -0.3 is 18.1 Å². The zero-order chi connectivity index (χ0) is 34.9. The Balaban J connectivity index is 2.14. The van der Waals surface area contributed by atoms with Crippen LogP contribution in [0.15, 0.2) is 46.1 Å². The second-order valence-electron chi connectivity index (χ2n) is 14.3. The Kier molecular flexibility index (Phi) is 11.5. The summed E-state index contributed by atoms with van der Waals surface area (Å²) in [6, 6.07) is 6.21. The molecule has 1 aliphatic rings. The van der Waals surface area contributed by atoms with Gasteiger partial charge in [0, 0.05) is 24.4 Å². The summed E-state index contributed by atoms with van der Waals surface area (Å²) in [6.45, 7) is 22.2. The topological polar surface area (TPSA) is 170 Å². The maximum absolute atomic E-state index is 14.3. The monoisotopic (exact) mass is 701 g/mol. The highest BCUT2D eigenvalue weighted by Gasteiger charge is 2.55. The first-order valence-corrected chi connectivity index (χ1v) is 22.4. The van der Waals surface area contributed by atoms with Crippen molar-refractivity contribution < 1.29 is 36.6 Å². The highest BCUT2D eigenvalue weighted by molar-refractivity contribution is 7.49. The van der Waals surface area contributed by atoms with Crippen LogP contribution in [-0.2, 0) is 27.2 Å². The van der Waals surface area contributed by atoms with Crippen molar-refractivity contribution in [2.45, 2.75) is 109 Å². The lowest BCUT2D eigenvalue weighted by molar-refractivity contribution is -0.384. The third-order valence-electron chi connectivity index (χ3n) is 8.87. The minimum absolute atomic E-state index is 0.0107. The van der Waals surface area contributed by atoms with Gasteiger partial charge in [0.2, 0.25) is 0 Å². The highest BCUT2D eigenvalue weighted by Crippen LogP contribution is 2.54. The van der Waals surface area contributed by atoms with Crippen LogP contribution >= 0.6 is 7.82 Å². The summed E-state index contributed by atoms with van der Waals surface area (Å²) in [5.74, 6) is 0.0191. The Bertz CT molecular complexity index is 1530. The van der Waals surface area contributed by atoms with Crippen LogP contribution in [0.1, 0.15) is 54.7 Å². The summed E-state index contributed by atoms with van der Waals surface area (Å²) >= 11 is 0. The van der Waals surface area contributed by atoms with Crippen LogP contribution in [0.3, 0.4) is 0 Å². The number of phosphoric acid groups is 1. The van der Waals surface area contributed by atoms with Gasteiger partial charge in [-0.15, -0.1) is 0 Å². The molecular formula is C29H48N3O11PSi2. The maximum Gasteiger partial charge on any atom is 0.530 e. The van der Waals surface area contributed by atoms with Crippen molar-refractivity contribution in [1.29, 1.82) is 0 Å². The van der Waals surface area contributed by atoms with E-state index in [0.717, 1.165) is 0 Å². The number of H-pyrrole nitrogens is 1. The molecular weight excluding hydrogens is 653 g/mol. The van der Waals surface area contributed by atoms with Gasteiger partial charge in [-0.1, -0.05) is 41.5 Å². The first-order valence-electron chi connectivity index (χ1n) is 15.2. The van der Waals surface area contributed by atoms with Crippen LogP contribution in [0.4, 0.5) is 5.69 Å². The molecule has 1 aromatic carbocycles. The summed E-state index contributed by atoms with van der Waals surface area (Å²) in [6.07, 6.45) is -2.87. The third-order valence-corrected chi connectivity index (χ3v) is 19.4. The molecule has 1 aromatic heterocycles. The fourth-order valence-electron chi connectivity index (χ4n) is 4.11. The molecule has 14 nitrogen and oxygen atoms in total. The number of nitrogens with one attached hydrogen (secondary N) is 1. The number of nitro groups is 1. The fraction of sp³-hybridized carbons (Fsp3) is 0.655. The smallest absolute Gasteiger partial charge is 0.414 e. The summed E-state index contributed by atoms with van der Waals surface area (Å²) in [4.78, 5) is 37.9. The molecule has 46 heavy (non-hydrogen) atoms. The van der Waals surface area contributed by atoms with Crippen LogP contribution in [0, 0.1) is 10.1 Å². The van der Waals surface area contributed by atoms with Gasteiger partial charge in [0.25, 0.3) is 11.2 Å². The number of ether oxygens (including phenoxy) is 1. The molecule has 258 valence electrons. The van der Waals surface area contributed by atoms with Gasteiger partial charge in [0.1, 0.15) is 24.1 Å². The van der Waals surface area contributed by atoms with E-state index < -0.39 is 65.2 Å². The SMILES string of the molecule is CCOP(=O)(Oc1ccc([N+](=O)[O-])cc1)O[C@H]1[C@@H](O[Si](C)(C)C(C)(C)C)[C@H](n2ccc(=O)[nH]c2=O)O[C@@H]1CO[Si](C)(C)C(C)(C)C. The van der Waals surface area contributed by atoms with E-state index in [-0.39, 0.29) is 34.7 Å². The molecule has 5 atom stereocenters. The van der Waals surface area contributed by atoms with E-state index in [1.54, 1.807) is 6.92 Å². The number of aromatic amines is 1. The minimum Gasteiger partial charge on any atom is -0.414 e. The molecule has 2 heterocycles. The molecule has 17 heteroatoms. The molecule has 0 radical (unpaired) electrons. The van der Waals surface area contributed by atoms with Crippen LogP contribution in [0.2, 0.25) is 36.3 Å². The largest absolute Gasteiger partial charge is 0.530 e. The molecule has 0 bridgehead atoms. The summed E-state index contributed by atoms with van der Waals surface area (Å²) in [5, 5.41) is 10.7. The zero-order valence-electron chi connectivity index (χ0n) is 28.5. The fourth-order valence-corrected chi connectivity index (χ4v) is 7.82. The Morgan fingerprint density at radius 2 is 1.57 bits per heavy atom. The van der Waals surface area contributed by atoms with E-state index >= 15 is 0 Å². The molecule has 1 unspecified atom stereocenters. The summed E-state index contributed by atoms with van der Waals surface area (Å²) in [7, 11) is -9.42. The molecule has 1 N–H and O–H groups in total.